The van der Waals surface area contributed by atoms with E-state index in [9.17, 15) is 9.59 Å². The van der Waals surface area contributed by atoms with Gasteiger partial charge in [0.1, 0.15) is 6.04 Å². The molecule has 1 aromatic rings. The van der Waals surface area contributed by atoms with Gasteiger partial charge in [0.2, 0.25) is 0 Å². The van der Waals surface area contributed by atoms with Crippen LogP contribution in [0.25, 0.3) is 0 Å². The number of urea groups is 1. The maximum absolute atomic E-state index is 11.9. The number of rotatable bonds is 7. The Morgan fingerprint density at radius 3 is 2.38 bits per heavy atom. The van der Waals surface area contributed by atoms with Gasteiger partial charge >= 0.3 is 12.0 Å². The normalized spacial score (nSPS) is 13.3. The highest BCUT2D eigenvalue weighted by molar-refractivity contribution is 9.10. The summed E-state index contributed by atoms with van der Waals surface area (Å²) in [6.45, 7) is 3.83. The van der Waals surface area contributed by atoms with Crippen LogP contribution < -0.4 is 10.6 Å². The van der Waals surface area contributed by atoms with Crippen LogP contribution in [0.5, 0.6) is 0 Å². The first-order valence-corrected chi connectivity index (χ1v) is 7.78. The fourth-order valence-corrected chi connectivity index (χ4v) is 2.16. The van der Waals surface area contributed by atoms with Gasteiger partial charge in [0.15, 0.2) is 0 Å². The number of carbonyl (C=O) groups excluding carboxylic acids is 1. The number of nitrogens with one attached hydrogen (secondary N) is 2. The van der Waals surface area contributed by atoms with Crippen molar-refractivity contribution >= 4 is 27.9 Å². The van der Waals surface area contributed by atoms with Crippen molar-refractivity contribution in [3.8, 4) is 0 Å². The van der Waals surface area contributed by atoms with Crippen LogP contribution in [0.1, 0.15) is 44.7 Å². The highest BCUT2D eigenvalue weighted by Gasteiger charge is 2.20. The van der Waals surface area contributed by atoms with Gasteiger partial charge in [-0.1, -0.05) is 47.8 Å². The van der Waals surface area contributed by atoms with Gasteiger partial charge in [-0.15, -0.1) is 0 Å². The third kappa shape index (κ3) is 6.16. The van der Waals surface area contributed by atoms with Crippen molar-refractivity contribution in [2.75, 3.05) is 0 Å². The molecule has 0 aliphatic heterocycles. The molecule has 0 fully saturated rings. The van der Waals surface area contributed by atoms with Gasteiger partial charge in [-0.25, -0.2) is 9.59 Å². The molecule has 3 N–H and O–H groups in total. The zero-order valence-corrected chi connectivity index (χ0v) is 13.8. The second-order valence-electron chi connectivity index (χ2n) is 4.92. The van der Waals surface area contributed by atoms with Gasteiger partial charge in [-0.2, -0.15) is 0 Å². The summed E-state index contributed by atoms with van der Waals surface area (Å²) >= 11 is 3.35. The van der Waals surface area contributed by atoms with Crippen molar-refractivity contribution in [3.05, 3.63) is 34.3 Å². The molecule has 0 radical (unpaired) electrons. The maximum atomic E-state index is 11.9. The third-order valence-electron chi connectivity index (χ3n) is 3.17. The predicted octanol–water partition coefficient (Wildman–Crippen LogP) is 3.45. The summed E-state index contributed by atoms with van der Waals surface area (Å²) in [4.78, 5) is 23.0. The molecule has 1 rings (SSSR count). The Morgan fingerprint density at radius 1 is 1.24 bits per heavy atom. The molecule has 2 amide bonds. The van der Waals surface area contributed by atoms with Gasteiger partial charge in [0.05, 0.1) is 6.04 Å². The minimum Gasteiger partial charge on any atom is -0.480 e. The van der Waals surface area contributed by atoms with Gasteiger partial charge in [0, 0.05) is 4.47 Å². The van der Waals surface area contributed by atoms with Crippen LogP contribution in [-0.2, 0) is 4.79 Å². The fraction of sp³-hybridized carbons (Fsp3) is 0.467. The smallest absolute Gasteiger partial charge is 0.326 e. The van der Waals surface area contributed by atoms with Gasteiger partial charge < -0.3 is 15.7 Å². The number of halogens is 1. The molecule has 6 heteroatoms. The number of benzene rings is 1. The van der Waals surface area contributed by atoms with E-state index in [1.165, 1.54) is 0 Å². The molecular formula is C15H21BrN2O3. The van der Waals surface area contributed by atoms with Crippen molar-refractivity contribution in [2.45, 2.75) is 45.2 Å². The van der Waals surface area contributed by atoms with E-state index >= 15 is 0 Å². The van der Waals surface area contributed by atoms with Crippen LogP contribution in [0.4, 0.5) is 4.79 Å². The first-order valence-electron chi connectivity index (χ1n) is 6.99. The number of amides is 2. The molecule has 116 valence electrons. The van der Waals surface area contributed by atoms with Crippen LogP contribution in [-0.4, -0.2) is 23.1 Å². The Kier molecular flexibility index (Phi) is 7.22. The highest BCUT2D eigenvalue weighted by Crippen LogP contribution is 2.16. The Bertz CT molecular complexity index is 476. The number of hydrogen-bond acceptors (Lipinski definition) is 2. The summed E-state index contributed by atoms with van der Waals surface area (Å²) in [5.74, 6) is -1.00. The molecule has 2 unspecified atom stereocenters. The second-order valence-corrected chi connectivity index (χ2v) is 5.84. The average Bonchev–Trinajstić information content (AvgIpc) is 2.43. The molecule has 0 aliphatic rings. The molecule has 0 heterocycles. The Labute approximate surface area is 133 Å². The Morgan fingerprint density at radius 2 is 1.86 bits per heavy atom. The van der Waals surface area contributed by atoms with E-state index in [2.05, 4.69) is 26.6 Å². The van der Waals surface area contributed by atoms with Crippen LogP contribution in [0.2, 0.25) is 0 Å². The summed E-state index contributed by atoms with van der Waals surface area (Å²) in [5, 5.41) is 14.3. The van der Waals surface area contributed by atoms with E-state index in [0.717, 1.165) is 22.9 Å². The lowest BCUT2D eigenvalue weighted by molar-refractivity contribution is -0.139. The number of carboxylic acids is 1. The number of carboxylic acid groups (broad SMARTS) is 1. The average molecular weight is 357 g/mol. The third-order valence-corrected chi connectivity index (χ3v) is 3.70. The van der Waals surface area contributed by atoms with Gasteiger partial charge in [0.25, 0.3) is 0 Å². The zero-order chi connectivity index (χ0) is 15.8. The van der Waals surface area contributed by atoms with E-state index in [1.54, 1.807) is 0 Å². The quantitative estimate of drug-likeness (QED) is 0.699. The maximum Gasteiger partial charge on any atom is 0.326 e. The molecule has 0 bridgehead atoms. The number of hydrogen-bond donors (Lipinski definition) is 3. The van der Waals surface area contributed by atoms with Crippen molar-refractivity contribution < 1.29 is 14.7 Å². The number of aliphatic carboxylic acids is 1. The Balaban J connectivity index is 2.54. The predicted molar refractivity (Wildman–Crippen MR) is 85.2 cm³/mol. The molecule has 2 atom stereocenters. The summed E-state index contributed by atoms with van der Waals surface area (Å²) in [6.07, 6.45) is 2.09. The minimum absolute atomic E-state index is 0.196. The molecule has 1 aromatic carbocycles. The molecule has 0 saturated carbocycles. The Hall–Kier alpha value is -1.56. The van der Waals surface area contributed by atoms with Crippen LogP contribution >= 0.6 is 15.9 Å². The molecule has 0 aromatic heterocycles. The lowest BCUT2D eigenvalue weighted by Gasteiger charge is -2.18. The van der Waals surface area contributed by atoms with E-state index in [0.29, 0.717) is 6.42 Å². The number of unbranched alkanes of at least 4 members (excludes halogenated alkanes) is 1. The van der Waals surface area contributed by atoms with Crippen LogP contribution in [0, 0.1) is 0 Å². The van der Waals surface area contributed by atoms with E-state index < -0.39 is 18.0 Å². The summed E-state index contributed by atoms with van der Waals surface area (Å²) in [6, 6.07) is 6.09. The minimum atomic E-state index is -1.00. The second kappa shape index (κ2) is 8.67. The largest absolute Gasteiger partial charge is 0.480 e. The summed E-state index contributed by atoms with van der Waals surface area (Å²) < 4.78 is 0.966. The van der Waals surface area contributed by atoms with Crippen molar-refractivity contribution in [3.63, 3.8) is 0 Å². The lowest BCUT2D eigenvalue weighted by Crippen LogP contribution is -2.46. The zero-order valence-electron chi connectivity index (χ0n) is 12.2. The monoisotopic (exact) mass is 356 g/mol. The van der Waals surface area contributed by atoms with E-state index in [-0.39, 0.29) is 6.04 Å². The van der Waals surface area contributed by atoms with Crippen molar-refractivity contribution in [1.82, 2.24) is 10.6 Å². The molecule has 21 heavy (non-hydrogen) atoms. The fourth-order valence-electron chi connectivity index (χ4n) is 1.90. The number of carbonyl (C=O) groups is 2. The van der Waals surface area contributed by atoms with Crippen LogP contribution in [0.15, 0.2) is 28.7 Å². The van der Waals surface area contributed by atoms with E-state index in [1.807, 2.05) is 38.1 Å². The van der Waals surface area contributed by atoms with E-state index in [4.69, 9.17) is 5.11 Å². The van der Waals surface area contributed by atoms with Crippen molar-refractivity contribution in [2.24, 2.45) is 0 Å². The molecule has 0 spiro atoms. The first kappa shape index (κ1) is 17.5. The molecular weight excluding hydrogens is 336 g/mol. The molecule has 5 nitrogen and oxygen atoms in total. The molecule has 0 saturated heterocycles. The summed E-state index contributed by atoms with van der Waals surface area (Å²) in [7, 11) is 0. The lowest BCUT2D eigenvalue weighted by atomic mass is 10.1. The van der Waals surface area contributed by atoms with Gasteiger partial charge in [-0.3, -0.25) is 0 Å². The first-order chi connectivity index (χ1) is 9.93. The topological polar surface area (TPSA) is 78.4 Å². The van der Waals surface area contributed by atoms with Gasteiger partial charge in [-0.05, 0) is 31.0 Å². The summed E-state index contributed by atoms with van der Waals surface area (Å²) in [5.41, 5.74) is 0.953. The highest BCUT2D eigenvalue weighted by atomic mass is 79.9. The molecule has 0 aliphatic carbocycles. The van der Waals surface area contributed by atoms with Crippen molar-refractivity contribution in [1.29, 1.82) is 0 Å². The van der Waals surface area contributed by atoms with Crippen LogP contribution in [0.3, 0.4) is 0 Å². The standard InChI is InChI=1S/C15H21BrN2O3/c1-3-4-5-13(14(19)20)18-15(21)17-10(2)11-6-8-12(16)9-7-11/h6-10,13H,3-5H2,1-2H3,(H,19,20)(H2,17,18,21). The SMILES string of the molecule is CCCCC(NC(=O)NC(C)c1ccc(Br)cc1)C(=O)O.